The smallest absolute Gasteiger partial charge is 0.257 e. The van der Waals surface area contributed by atoms with Gasteiger partial charge in [-0.15, -0.1) is 0 Å². The van der Waals surface area contributed by atoms with Gasteiger partial charge < -0.3 is 5.32 Å². The summed E-state index contributed by atoms with van der Waals surface area (Å²) in [4.78, 5) is 11.1. The minimum atomic E-state index is -1.74. The normalized spacial score (nSPS) is 29.3. The summed E-state index contributed by atoms with van der Waals surface area (Å²) in [6.07, 6.45) is 1.98. The van der Waals surface area contributed by atoms with Crippen molar-refractivity contribution in [1.29, 1.82) is 0 Å². The second-order valence-electron chi connectivity index (χ2n) is 4.22. The lowest BCUT2D eigenvalue weighted by Crippen LogP contribution is -2.49. The zero-order valence-electron chi connectivity index (χ0n) is 7.86. The minimum absolute atomic E-state index is 0.211. The largest absolute Gasteiger partial charge is 0.351 e. The van der Waals surface area contributed by atoms with Gasteiger partial charge in [-0.25, -0.2) is 4.39 Å². The van der Waals surface area contributed by atoms with Crippen LogP contribution in [0, 0.1) is 5.92 Å². The van der Waals surface area contributed by atoms with Crippen molar-refractivity contribution in [3.8, 4) is 0 Å². The third-order valence-corrected chi connectivity index (χ3v) is 2.25. The van der Waals surface area contributed by atoms with E-state index in [4.69, 9.17) is 0 Å². The van der Waals surface area contributed by atoms with Crippen LogP contribution >= 0.6 is 0 Å². The molecule has 0 saturated heterocycles. The molecule has 1 N–H and O–H groups in total. The van der Waals surface area contributed by atoms with Gasteiger partial charge in [-0.2, -0.15) is 0 Å². The highest BCUT2D eigenvalue weighted by atomic mass is 19.1. The maximum atomic E-state index is 13.0. The van der Waals surface area contributed by atoms with Crippen LogP contribution in [0.1, 0.15) is 33.6 Å². The van der Waals surface area contributed by atoms with Crippen LogP contribution in [-0.4, -0.2) is 17.6 Å². The molecule has 1 aliphatic carbocycles. The van der Waals surface area contributed by atoms with E-state index in [1.807, 2.05) is 0 Å². The Kier molecular flexibility index (Phi) is 2.40. The Bertz CT molecular complexity index is 179. The molecule has 0 unspecified atom stereocenters. The number of nitrogens with one attached hydrogen (secondary N) is 1. The maximum absolute atomic E-state index is 13.0. The van der Waals surface area contributed by atoms with Gasteiger partial charge in [0.2, 0.25) is 0 Å². The van der Waals surface area contributed by atoms with Crippen molar-refractivity contribution in [1.82, 2.24) is 5.32 Å². The zero-order chi connectivity index (χ0) is 9.35. The van der Waals surface area contributed by atoms with Crippen molar-refractivity contribution in [2.75, 3.05) is 0 Å². The molecule has 70 valence electrons. The lowest BCUT2D eigenvalue weighted by Gasteiger charge is -2.34. The van der Waals surface area contributed by atoms with E-state index in [2.05, 4.69) is 12.2 Å². The molecule has 1 fully saturated rings. The van der Waals surface area contributed by atoms with Crippen LogP contribution in [0.5, 0.6) is 0 Å². The molecule has 3 heteroatoms. The van der Waals surface area contributed by atoms with Gasteiger partial charge in [0.25, 0.3) is 5.91 Å². The second kappa shape index (κ2) is 3.04. The average molecular weight is 173 g/mol. The first-order chi connectivity index (χ1) is 5.39. The Morgan fingerprint density at radius 3 is 2.33 bits per heavy atom. The van der Waals surface area contributed by atoms with E-state index in [1.165, 1.54) is 13.8 Å². The number of amides is 1. The molecule has 0 aromatic heterocycles. The molecule has 0 aliphatic heterocycles. The number of carbonyl (C=O) groups excluding carboxylic acids is 1. The maximum Gasteiger partial charge on any atom is 0.257 e. The topological polar surface area (TPSA) is 29.1 Å². The van der Waals surface area contributed by atoms with Crippen LogP contribution in [0.4, 0.5) is 4.39 Å². The minimum Gasteiger partial charge on any atom is -0.351 e. The predicted molar refractivity (Wildman–Crippen MR) is 45.5 cm³/mol. The van der Waals surface area contributed by atoms with Gasteiger partial charge in [0, 0.05) is 6.04 Å². The van der Waals surface area contributed by atoms with Crippen molar-refractivity contribution in [2.24, 2.45) is 5.92 Å². The monoisotopic (exact) mass is 173 g/mol. The van der Waals surface area contributed by atoms with Crippen LogP contribution in [-0.2, 0) is 4.79 Å². The number of carbonyl (C=O) groups is 1. The van der Waals surface area contributed by atoms with Gasteiger partial charge in [-0.05, 0) is 32.6 Å². The van der Waals surface area contributed by atoms with Gasteiger partial charge in [0.1, 0.15) is 0 Å². The van der Waals surface area contributed by atoms with Gasteiger partial charge in [-0.1, -0.05) is 6.92 Å². The first-order valence-electron chi connectivity index (χ1n) is 4.39. The molecule has 1 saturated carbocycles. The number of hydrogen-bond acceptors (Lipinski definition) is 1. The first kappa shape index (κ1) is 9.49. The fourth-order valence-corrected chi connectivity index (χ4v) is 1.38. The van der Waals surface area contributed by atoms with Crippen molar-refractivity contribution in [3.05, 3.63) is 0 Å². The number of alkyl halides is 1. The van der Waals surface area contributed by atoms with E-state index in [1.54, 1.807) is 0 Å². The Morgan fingerprint density at radius 2 is 2.00 bits per heavy atom. The van der Waals surface area contributed by atoms with E-state index in [0.717, 1.165) is 12.8 Å². The first-order valence-corrected chi connectivity index (χ1v) is 4.39. The molecule has 0 aromatic carbocycles. The van der Waals surface area contributed by atoms with Gasteiger partial charge in [0.05, 0.1) is 0 Å². The van der Waals surface area contributed by atoms with Crippen LogP contribution in [0.15, 0.2) is 0 Å². The number of halogens is 1. The summed E-state index contributed by atoms with van der Waals surface area (Å²) in [5.41, 5.74) is -1.74. The molecular weight excluding hydrogens is 157 g/mol. The van der Waals surface area contributed by atoms with Crippen molar-refractivity contribution >= 4 is 5.91 Å². The third-order valence-electron chi connectivity index (χ3n) is 2.25. The van der Waals surface area contributed by atoms with E-state index < -0.39 is 11.6 Å². The van der Waals surface area contributed by atoms with Crippen molar-refractivity contribution < 1.29 is 9.18 Å². The Hall–Kier alpha value is -0.600. The summed E-state index contributed by atoms with van der Waals surface area (Å²) in [5, 5.41) is 2.67. The van der Waals surface area contributed by atoms with Crippen LogP contribution in [0.25, 0.3) is 0 Å². The third kappa shape index (κ3) is 2.19. The molecule has 1 aliphatic rings. The Morgan fingerprint density at radius 1 is 1.50 bits per heavy atom. The molecule has 0 atom stereocenters. The molecule has 0 aromatic rings. The van der Waals surface area contributed by atoms with Gasteiger partial charge in [-0.3, -0.25) is 4.79 Å². The summed E-state index contributed by atoms with van der Waals surface area (Å²) >= 11 is 0. The highest BCUT2D eigenvalue weighted by Crippen LogP contribution is 2.26. The molecule has 1 amide bonds. The highest BCUT2D eigenvalue weighted by molar-refractivity contribution is 5.84. The van der Waals surface area contributed by atoms with E-state index in [-0.39, 0.29) is 6.04 Å². The lowest BCUT2D eigenvalue weighted by molar-refractivity contribution is -0.132. The van der Waals surface area contributed by atoms with E-state index in [0.29, 0.717) is 5.92 Å². The number of hydrogen-bond donors (Lipinski definition) is 1. The fraction of sp³-hybridized carbons (Fsp3) is 0.889. The molecule has 2 nitrogen and oxygen atoms in total. The fourth-order valence-electron chi connectivity index (χ4n) is 1.38. The second-order valence-corrected chi connectivity index (χ2v) is 4.22. The SMILES string of the molecule is CC1CC(NC(=O)C(C)(C)F)C1. The van der Waals surface area contributed by atoms with Crippen LogP contribution < -0.4 is 5.32 Å². The molecule has 0 bridgehead atoms. The Balaban J connectivity index is 2.28. The zero-order valence-corrected chi connectivity index (χ0v) is 7.86. The summed E-state index contributed by atoms with van der Waals surface area (Å²) in [6.45, 7) is 4.69. The van der Waals surface area contributed by atoms with Crippen LogP contribution in [0.3, 0.4) is 0 Å². The predicted octanol–water partition coefficient (Wildman–Crippen LogP) is 1.65. The van der Waals surface area contributed by atoms with E-state index >= 15 is 0 Å². The molecule has 0 heterocycles. The summed E-state index contributed by atoms with van der Waals surface area (Å²) in [7, 11) is 0. The number of rotatable bonds is 2. The average Bonchev–Trinajstić information content (AvgIpc) is 1.82. The standard InChI is InChI=1S/C9H16FNO/c1-6-4-7(5-6)11-8(12)9(2,3)10/h6-7H,4-5H2,1-3H3,(H,11,12). The summed E-state index contributed by atoms with van der Waals surface area (Å²) in [5.74, 6) is 0.192. The van der Waals surface area contributed by atoms with Gasteiger partial charge >= 0.3 is 0 Å². The highest BCUT2D eigenvalue weighted by Gasteiger charge is 2.32. The van der Waals surface area contributed by atoms with Crippen molar-refractivity contribution in [3.63, 3.8) is 0 Å². The molecule has 12 heavy (non-hydrogen) atoms. The molecule has 1 rings (SSSR count). The summed E-state index contributed by atoms with van der Waals surface area (Å²) in [6, 6.07) is 0.211. The molecule has 0 radical (unpaired) electrons. The van der Waals surface area contributed by atoms with Gasteiger partial charge in [0.15, 0.2) is 5.67 Å². The Labute approximate surface area is 72.5 Å². The molecule has 0 spiro atoms. The quantitative estimate of drug-likeness (QED) is 0.676. The lowest BCUT2D eigenvalue weighted by atomic mass is 9.81. The summed E-state index contributed by atoms with van der Waals surface area (Å²) < 4.78 is 13.0. The van der Waals surface area contributed by atoms with E-state index in [9.17, 15) is 9.18 Å². The molecular formula is C9H16FNO. The van der Waals surface area contributed by atoms with Crippen molar-refractivity contribution in [2.45, 2.75) is 45.3 Å². The van der Waals surface area contributed by atoms with Crippen LogP contribution in [0.2, 0.25) is 0 Å².